The van der Waals surface area contributed by atoms with Gasteiger partial charge in [-0.25, -0.2) is 8.91 Å². The Hall–Kier alpha value is -3.53. The molecule has 0 amide bonds. The molecule has 0 bridgehead atoms. The van der Waals surface area contributed by atoms with Gasteiger partial charge in [-0.15, -0.1) is 5.10 Å². The van der Waals surface area contributed by atoms with Crippen LogP contribution in [-0.2, 0) is 0 Å². The van der Waals surface area contributed by atoms with Crippen molar-refractivity contribution in [3.8, 4) is 17.0 Å². The number of hydrogen-bond donors (Lipinski definition) is 2. The van der Waals surface area contributed by atoms with Crippen LogP contribution < -0.4 is 15.4 Å². The van der Waals surface area contributed by atoms with Crippen molar-refractivity contribution in [3.05, 3.63) is 47.5 Å². The summed E-state index contributed by atoms with van der Waals surface area (Å²) in [5.74, 6) is 2.17. The Morgan fingerprint density at radius 3 is 2.81 bits per heavy atom. The first-order valence-corrected chi connectivity index (χ1v) is 10.0. The molecule has 0 aromatic carbocycles. The van der Waals surface area contributed by atoms with Gasteiger partial charge in [0.25, 0.3) is 5.88 Å². The second kappa shape index (κ2) is 7.62. The Morgan fingerprint density at radius 2 is 2.03 bits per heavy atom. The summed E-state index contributed by atoms with van der Waals surface area (Å²) < 4.78 is 26.9. The molecule has 1 aliphatic heterocycles. The Bertz CT molecular complexity index is 1250. The van der Waals surface area contributed by atoms with Crippen molar-refractivity contribution in [2.75, 3.05) is 18.4 Å². The number of pyridine rings is 1. The van der Waals surface area contributed by atoms with Gasteiger partial charge in [0.2, 0.25) is 0 Å². The lowest BCUT2D eigenvalue weighted by Gasteiger charge is -2.13. The third-order valence-electron chi connectivity index (χ3n) is 5.42. The van der Waals surface area contributed by atoms with E-state index < -0.39 is 12.3 Å². The summed E-state index contributed by atoms with van der Waals surface area (Å²) in [6.45, 7) is 6.42. The van der Waals surface area contributed by atoms with E-state index in [9.17, 15) is 4.39 Å². The fourth-order valence-corrected chi connectivity index (χ4v) is 3.59. The number of fused-ring (bicyclic) bond motifs is 1. The van der Waals surface area contributed by atoms with Gasteiger partial charge in [0.1, 0.15) is 11.9 Å². The zero-order valence-electron chi connectivity index (χ0n) is 17.4. The predicted molar refractivity (Wildman–Crippen MR) is 112 cm³/mol. The SMILES string of the molecule is Cc1cc(Nc2cc3cc(-c4c(O[C@@H]5CNC[C@@H]5F)noc4C)ccn3n2)nnc1C. The normalized spacial score (nSPS) is 18.6. The highest BCUT2D eigenvalue weighted by atomic mass is 19.1. The molecule has 2 N–H and O–H groups in total. The van der Waals surface area contributed by atoms with E-state index in [4.69, 9.17) is 9.26 Å². The number of nitrogens with zero attached hydrogens (tertiary/aromatic N) is 5. The molecule has 1 saturated heterocycles. The molecule has 0 unspecified atom stereocenters. The lowest BCUT2D eigenvalue weighted by molar-refractivity contribution is 0.129. The molecule has 10 heteroatoms. The molecule has 31 heavy (non-hydrogen) atoms. The molecule has 0 radical (unpaired) electrons. The van der Waals surface area contributed by atoms with Crippen molar-refractivity contribution >= 4 is 17.2 Å². The monoisotopic (exact) mass is 423 g/mol. The fraction of sp³-hybridized carbons (Fsp3) is 0.333. The van der Waals surface area contributed by atoms with Crippen LogP contribution in [0.2, 0.25) is 0 Å². The number of aryl methyl sites for hydroxylation is 3. The van der Waals surface area contributed by atoms with Crippen LogP contribution in [0.15, 0.2) is 35.0 Å². The van der Waals surface area contributed by atoms with Crippen LogP contribution in [0.5, 0.6) is 5.88 Å². The van der Waals surface area contributed by atoms with Gasteiger partial charge in [-0.2, -0.15) is 10.2 Å². The summed E-state index contributed by atoms with van der Waals surface area (Å²) in [4.78, 5) is 0. The van der Waals surface area contributed by atoms with Crippen LogP contribution in [-0.4, -0.2) is 50.3 Å². The summed E-state index contributed by atoms with van der Waals surface area (Å²) in [7, 11) is 0. The molecule has 2 atom stereocenters. The summed E-state index contributed by atoms with van der Waals surface area (Å²) >= 11 is 0. The van der Waals surface area contributed by atoms with Gasteiger partial charge in [0.15, 0.2) is 17.8 Å². The van der Waals surface area contributed by atoms with E-state index in [1.54, 1.807) is 11.4 Å². The summed E-state index contributed by atoms with van der Waals surface area (Å²) in [6.07, 6.45) is 0.175. The van der Waals surface area contributed by atoms with Crippen molar-refractivity contribution in [1.29, 1.82) is 0 Å². The number of nitrogens with one attached hydrogen (secondary N) is 2. The van der Waals surface area contributed by atoms with Gasteiger partial charge in [-0.1, -0.05) is 0 Å². The Balaban J connectivity index is 1.44. The van der Waals surface area contributed by atoms with Gasteiger partial charge in [-0.05, 0) is 55.3 Å². The molecule has 0 aliphatic carbocycles. The molecule has 0 spiro atoms. The highest BCUT2D eigenvalue weighted by molar-refractivity contribution is 5.75. The maximum atomic E-state index is 14.0. The van der Waals surface area contributed by atoms with E-state index in [0.717, 1.165) is 22.3 Å². The Morgan fingerprint density at radius 1 is 1.16 bits per heavy atom. The zero-order valence-corrected chi connectivity index (χ0v) is 17.4. The van der Waals surface area contributed by atoms with Gasteiger partial charge in [0.05, 0.1) is 16.8 Å². The number of anilines is 2. The van der Waals surface area contributed by atoms with E-state index in [0.29, 0.717) is 35.4 Å². The first kappa shape index (κ1) is 19.4. The van der Waals surface area contributed by atoms with Gasteiger partial charge >= 0.3 is 0 Å². The molecule has 160 valence electrons. The number of halogens is 1. The van der Waals surface area contributed by atoms with Crippen molar-refractivity contribution < 1.29 is 13.7 Å². The molecule has 5 heterocycles. The quantitative estimate of drug-likeness (QED) is 0.505. The molecule has 9 nitrogen and oxygen atoms in total. The Kier molecular flexibility index (Phi) is 4.78. The lowest BCUT2D eigenvalue weighted by atomic mass is 10.1. The van der Waals surface area contributed by atoms with E-state index in [1.165, 1.54) is 0 Å². The van der Waals surface area contributed by atoms with Gasteiger partial charge in [0, 0.05) is 25.4 Å². The maximum absolute atomic E-state index is 14.0. The van der Waals surface area contributed by atoms with E-state index in [1.807, 2.05) is 44.3 Å². The van der Waals surface area contributed by atoms with E-state index >= 15 is 0 Å². The maximum Gasteiger partial charge on any atom is 0.262 e. The van der Waals surface area contributed by atoms with Gasteiger partial charge in [-0.3, -0.25) is 0 Å². The highest BCUT2D eigenvalue weighted by Gasteiger charge is 2.31. The van der Waals surface area contributed by atoms with Gasteiger partial charge < -0.3 is 19.9 Å². The van der Waals surface area contributed by atoms with E-state index in [-0.39, 0.29) is 6.54 Å². The lowest BCUT2D eigenvalue weighted by Crippen LogP contribution is -2.27. The first-order valence-electron chi connectivity index (χ1n) is 10.0. The van der Waals surface area contributed by atoms with Crippen LogP contribution in [0.3, 0.4) is 0 Å². The summed E-state index contributed by atoms with van der Waals surface area (Å²) in [5.41, 5.74) is 4.35. The third-order valence-corrected chi connectivity index (χ3v) is 5.42. The second-order valence-corrected chi connectivity index (χ2v) is 7.69. The minimum absolute atomic E-state index is 0.277. The molecule has 4 aromatic heterocycles. The molecular weight excluding hydrogens is 401 g/mol. The first-order chi connectivity index (χ1) is 15.0. The topological polar surface area (TPSA) is 102 Å². The van der Waals surface area contributed by atoms with Crippen molar-refractivity contribution in [2.24, 2.45) is 0 Å². The summed E-state index contributed by atoms with van der Waals surface area (Å²) in [6, 6.07) is 7.68. The fourth-order valence-electron chi connectivity index (χ4n) is 3.59. The number of rotatable bonds is 5. The van der Waals surface area contributed by atoms with Crippen molar-refractivity contribution in [1.82, 2.24) is 30.3 Å². The predicted octanol–water partition coefficient (Wildman–Crippen LogP) is 3.14. The van der Waals surface area contributed by atoms with Crippen LogP contribution in [0, 0.1) is 20.8 Å². The number of alkyl halides is 1. The minimum Gasteiger partial charge on any atom is -0.467 e. The summed E-state index contributed by atoms with van der Waals surface area (Å²) in [5, 5.41) is 23.0. The molecule has 1 aliphatic rings. The number of aromatic nitrogens is 5. The largest absolute Gasteiger partial charge is 0.467 e. The van der Waals surface area contributed by atoms with Crippen LogP contribution in [0.1, 0.15) is 17.0 Å². The second-order valence-electron chi connectivity index (χ2n) is 7.69. The number of ether oxygens (including phenoxy) is 1. The smallest absolute Gasteiger partial charge is 0.262 e. The average Bonchev–Trinajstić information content (AvgIpc) is 3.43. The molecule has 4 aromatic rings. The zero-order chi connectivity index (χ0) is 21.5. The molecule has 5 rings (SSSR count). The van der Waals surface area contributed by atoms with Crippen LogP contribution in [0.25, 0.3) is 16.6 Å². The van der Waals surface area contributed by atoms with E-state index in [2.05, 4.69) is 31.1 Å². The number of hydrogen-bond acceptors (Lipinski definition) is 8. The molecular formula is C21H22FN7O2. The van der Waals surface area contributed by atoms with Crippen LogP contribution in [0.4, 0.5) is 16.0 Å². The van der Waals surface area contributed by atoms with Crippen molar-refractivity contribution in [2.45, 2.75) is 33.0 Å². The highest BCUT2D eigenvalue weighted by Crippen LogP contribution is 2.35. The van der Waals surface area contributed by atoms with Crippen LogP contribution >= 0.6 is 0 Å². The third kappa shape index (κ3) is 3.70. The standard InChI is InChI=1S/C21H22FN7O2/c1-11-6-18(26-25-12(11)2)24-19-8-15-7-14(4-5-29(15)27-19)20-13(3)31-28-21(20)30-17-10-23-9-16(17)22/h4-8,16-17,23H,9-10H2,1-3H3,(H,24,26,27)/t16-,17+/m0/s1. The Labute approximate surface area is 177 Å². The minimum atomic E-state index is -1.08. The van der Waals surface area contributed by atoms with Crippen molar-refractivity contribution in [3.63, 3.8) is 0 Å². The molecule has 0 saturated carbocycles. The molecule has 1 fully saturated rings. The average molecular weight is 423 g/mol.